The van der Waals surface area contributed by atoms with Crippen LogP contribution in [0.15, 0.2) is 59.0 Å². The number of fused-ring (bicyclic) bond motifs is 1. The first-order valence-electron chi connectivity index (χ1n) is 11.2. The molecule has 0 saturated carbocycles. The molecule has 1 heterocycles. The Balaban J connectivity index is 1.27. The molecule has 0 bridgehead atoms. The van der Waals surface area contributed by atoms with Gasteiger partial charge in [0, 0.05) is 26.2 Å². The van der Waals surface area contributed by atoms with E-state index in [1.54, 1.807) is 17.0 Å². The molecule has 31 heavy (non-hydrogen) atoms. The number of rotatable bonds is 7. The summed E-state index contributed by atoms with van der Waals surface area (Å²) in [6, 6.07) is 13.0. The zero-order valence-corrected chi connectivity index (χ0v) is 18.7. The molecule has 2 aromatic carbocycles. The van der Waals surface area contributed by atoms with E-state index in [1.807, 2.05) is 30.3 Å². The van der Waals surface area contributed by atoms with Crippen LogP contribution in [-0.2, 0) is 14.8 Å². The molecule has 0 unspecified atom stereocenters. The second kappa shape index (κ2) is 9.94. The van der Waals surface area contributed by atoms with Crippen LogP contribution in [0.5, 0.6) is 0 Å². The van der Waals surface area contributed by atoms with Gasteiger partial charge in [0.1, 0.15) is 0 Å². The summed E-state index contributed by atoms with van der Waals surface area (Å²) in [6.07, 6.45) is 8.27. The smallest absolute Gasteiger partial charge is 0.243 e. The highest BCUT2D eigenvalue weighted by Crippen LogP contribution is 2.23. The van der Waals surface area contributed by atoms with Crippen LogP contribution in [0.3, 0.4) is 0 Å². The van der Waals surface area contributed by atoms with Gasteiger partial charge in [-0.15, -0.1) is 0 Å². The van der Waals surface area contributed by atoms with Crippen LogP contribution in [0.4, 0.5) is 0 Å². The Hall–Kier alpha value is -2.22. The summed E-state index contributed by atoms with van der Waals surface area (Å²) in [6.45, 7) is 2.64. The van der Waals surface area contributed by atoms with Gasteiger partial charge < -0.3 is 10.2 Å². The van der Waals surface area contributed by atoms with Crippen LogP contribution in [0.2, 0.25) is 0 Å². The standard InChI is InChI=1S/C24H31N3O3S/c28-24(19-25-13-12-20-6-2-1-3-7-20)26-14-16-27(17-15-26)31(29,30)23-11-10-21-8-4-5-9-22(21)18-23/h4-6,8-11,18,25H,1-3,7,12-17,19H2. The molecule has 0 atom stereocenters. The van der Waals surface area contributed by atoms with E-state index in [0.717, 1.165) is 23.7 Å². The minimum Gasteiger partial charge on any atom is -0.339 e. The topological polar surface area (TPSA) is 69.7 Å². The quantitative estimate of drug-likeness (QED) is 0.529. The van der Waals surface area contributed by atoms with Gasteiger partial charge in [0.25, 0.3) is 0 Å². The Morgan fingerprint density at radius 3 is 2.48 bits per heavy atom. The van der Waals surface area contributed by atoms with Crippen LogP contribution in [0.1, 0.15) is 32.1 Å². The van der Waals surface area contributed by atoms with Crippen molar-refractivity contribution in [1.82, 2.24) is 14.5 Å². The van der Waals surface area contributed by atoms with Crippen molar-refractivity contribution in [3.8, 4) is 0 Å². The molecule has 2 aromatic rings. The minimum absolute atomic E-state index is 0.0420. The number of hydrogen-bond acceptors (Lipinski definition) is 4. The van der Waals surface area contributed by atoms with Crippen molar-refractivity contribution in [2.45, 2.75) is 37.0 Å². The van der Waals surface area contributed by atoms with Gasteiger partial charge in [-0.05, 0) is 61.6 Å². The second-order valence-corrected chi connectivity index (χ2v) is 10.3. The molecule has 1 fully saturated rings. The van der Waals surface area contributed by atoms with E-state index in [1.165, 1.54) is 35.6 Å². The summed E-state index contributed by atoms with van der Waals surface area (Å²) >= 11 is 0. The minimum atomic E-state index is -3.56. The lowest BCUT2D eigenvalue weighted by atomic mass is 9.97. The van der Waals surface area contributed by atoms with Crippen LogP contribution in [0.25, 0.3) is 10.8 Å². The molecule has 0 radical (unpaired) electrons. The molecule has 1 aliphatic heterocycles. The predicted molar refractivity (Wildman–Crippen MR) is 123 cm³/mol. The molecule has 2 aliphatic rings. The Morgan fingerprint density at radius 2 is 1.74 bits per heavy atom. The third kappa shape index (κ3) is 5.34. The SMILES string of the molecule is O=C(CNCCC1=CCCCC1)N1CCN(S(=O)(=O)c2ccc3ccccc3c2)CC1. The lowest BCUT2D eigenvalue weighted by Gasteiger charge is -2.34. The zero-order valence-electron chi connectivity index (χ0n) is 17.9. The van der Waals surface area contributed by atoms with E-state index >= 15 is 0 Å². The average molecular weight is 442 g/mol. The molecule has 4 rings (SSSR count). The fourth-order valence-electron chi connectivity index (χ4n) is 4.34. The molecule has 6 nitrogen and oxygen atoms in total. The van der Waals surface area contributed by atoms with Gasteiger partial charge in [-0.25, -0.2) is 8.42 Å². The van der Waals surface area contributed by atoms with Gasteiger partial charge in [-0.1, -0.05) is 42.0 Å². The van der Waals surface area contributed by atoms with Crippen LogP contribution < -0.4 is 5.32 Å². The number of allylic oxidation sites excluding steroid dienone is 1. The molecular weight excluding hydrogens is 410 g/mol. The summed E-state index contributed by atoms with van der Waals surface area (Å²) in [4.78, 5) is 14.6. The lowest BCUT2D eigenvalue weighted by Crippen LogP contribution is -2.52. The number of hydrogen-bond donors (Lipinski definition) is 1. The van der Waals surface area contributed by atoms with Crippen molar-refractivity contribution in [1.29, 1.82) is 0 Å². The number of carbonyl (C=O) groups excluding carboxylic acids is 1. The van der Waals surface area contributed by atoms with Crippen molar-refractivity contribution in [2.24, 2.45) is 0 Å². The number of amides is 1. The van der Waals surface area contributed by atoms with Crippen molar-refractivity contribution in [3.63, 3.8) is 0 Å². The first-order chi connectivity index (χ1) is 15.0. The normalized spacial score (nSPS) is 18.2. The average Bonchev–Trinajstić information content (AvgIpc) is 2.82. The maximum absolute atomic E-state index is 13.1. The molecule has 166 valence electrons. The van der Waals surface area contributed by atoms with Gasteiger partial charge in [-0.3, -0.25) is 4.79 Å². The maximum atomic E-state index is 13.1. The van der Waals surface area contributed by atoms with Crippen molar-refractivity contribution >= 4 is 26.7 Å². The summed E-state index contributed by atoms with van der Waals surface area (Å²) in [5.41, 5.74) is 1.50. The Morgan fingerprint density at radius 1 is 0.968 bits per heavy atom. The van der Waals surface area contributed by atoms with Gasteiger partial charge in [0.15, 0.2) is 0 Å². The largest absolute Gasteiger partial charge is 0.339 e. The summed E-state index contributed by atoms with van der Waals surface area (Å²) in [7, 11) is -3.56. The molecule has 1 N–H and O–H groups in total. The van der Waals surface area contributed by atoms with Gasteiger partial charge in [0.2, 0.25) is 15.9 Å². The van der Waals surface area contributed by atoms with Gasteiger partial charge >= 0.3 is 0 Å². The van der Waals surface area contributed by atoms with Gasteiger partial charge in [0.05, 0.1) is 11.4 Å². The Kier molecular flexibility index (Phi) is 7.05. The van der Waals surface area contributed by atoms with E-state index in [2.05, 4.69) is 11.4 Å². The summed E-state index contributed by atoms with van der Waals surface area (Å²) in [5, 5.41) is 5.18. The van der Waals surface area contributed by atoms with Crippen LogP contribution in [0, 0.1) is 0 Å². The number of benzene rings is 2. The Labute approximate surface area is 185 Å². The highest BCUT2D eigenvalue weighted by molar-refractivity contribution is 7.89. The molecule has 0 aromatic heterocycles. The maximum Gasteiger partial charge on any atom is 0.243 e. The zero-order chi connectivity index (χ0) is 21.7. The number of piperazine rings is 1. The fraction of sp³-hybridized carbons (Fsp3) is 0.458. The summed E-state index contributed by atoms with van der Waals surface area (Å²) < 4.78 is 27.6. The van der Waals surface area contributed by atoms with Gasteiger partial charge in [-0.2, -0.15) is 4.31 Å². The van der Waals surface area contributed by atoms with E-state index in [-0.39, 0.29) is 5.91 Å². The highest BCUT2D eigenvalue weighted by Gasteiger charge is 2.30. The molecule has 0 spiro atoms. The van der Waals surface area contributed by atoms with E-state index in [4.69, 9.17) is 0 Å². The first-order valence-corrected chi connectivity index (χ1v) is 12.6. The van der Waals surface area contributed by atoms with E-state index in [9.17, 15) is 13.2 Å². The third-order valence-corrected chi connectivity index (χ3v) is 8.13. The number of nitrogens with one attached hydrogen (secondary N) is 1. The lowest BCUT2D eigenvalue weighted by molar-refractivity contribution is -0.131. The van der Waals surface area contributed by atoms with E-state index in [0.29, 0.717) is 37.6 Å². The van der Waals surface area contributed by atoms with Crippen LogP contribution >= 0.6 is 0 Å². The highest BCUT2D eigenvalue weighted by atomic mass is 32.2. The molecule has 7 heteroatoms. The fourth-order valence-corrected chi connectivity index (χ4v) is 5.80. The second-order valence-electron chi connectivity index (χ2n) is 8.33. The molecule has 1 aliphatic carbocycles. The number of nitrogens with zero attached hydrogens (tertiary/aromatic N) is 2. The summed E-state index contributed by atoms with van der Waals surface area (Å²) in [5.74, 6) is 0.0420. The monoisotopic (exact) mass is 441 g/mol. The third-order valence-electron chi connectivity index (χ3n) is 6.23. The molecular formula is C24H31N3O3S. The van der Waals surface area contributed by atoms with Crippen molar-refractivity contribution < 1.29 is 13.2 Å². The predicted octanol–water partition coefficient (Wildman–Crippen LogP) is 3.15. The molecule has 1 amide bonds. The Bertz CT molecular complexity index is 1060. The van der Waals surface area contributed by atoms with Crippen molar-refractivity contribution in [3.05, 3.63) is 54.1 Å². The number of carbonyl (C=O) groups is 1. The van der Waals surface area contributed by atoms with Crippen molar-refractivity contribution in [2.75, 3.05) is 39.3 Å². The first kappa shape index (κ1) is 22.0. The van der Waals surface area contributed by atoms with Crippen LogP contribution in [-0.4, -0.2) is 62.8 Å². The van der Waals surface area contributed by atoms with E-state index < -0.39 is 10.0 Å². The molecule has 1 saturated heterocycles. The number of sulfonamides is 1.